The molecular weight excluding hydrogens is 210 g/mol. The predicted octanol–water partition coefficient (Wildman–Crippen LogP) is 0.150. The Morgan fingerprint density at radius 2 is 2.25 bits per heavy atom. The van der Waals surface area contributed by atoms with E-state index in [0.29, 0.717) is 6.42 Å². The number of oxime groups is 1. The van der Waals surface area contributed by atoms with Crippen molar-refractivity contribution in [1.29, 1.82) is 0 Å². The van der Waals surface area contributed by atoms with Crippen LogP contribution in [0.4, 0.5) is 0 Å². The van der Waals surface area contributed by atoms with E-state index in [4.69, 9.17) is 15.7 Å². The summed E-state index contributed by atoms with van der Waals surface area (Å²) in [7, 11) is 3.26. The standard InChI is InChI=1S/C10H19N3O3/c1-13(7-8(11)12-15)9(14)6-10(16-2)4-3-5-10/h15H,3-7H2,1-2H3,(H2,11,12). The van der Waals surface area contributed by atoms with Gasteiger partial charge in [0.1, 0.15) is 0 Å². The first-order chi connectivity index (χ1) is 7.53. The van der Waals surface area contributed by atoms with Crippen LogP contribution >= 0.6 is 0 Å². The fraction of sp³-hybridized carbons (Fsp3) is 0.800. The van der Waals surface area contributed by atoms with Crippen LogP contribution in [-0.4, -0.2) is 48.2 Å². The Morgan fingerprint density at radius 1 is 1.62 bits per heavy atom. The van der Waals surface area contributed by atoms with Crippen molar-refractivity contribution in [2.75, 3.05) is 20.7 Å². The Morgan fingerprint density at radius 3 is 2.62 bits per heavy atom. The van der Waals surface area contributed by atoms with Gasteiger partial charge in [0.2, 0.25) is 5.91 Å². The van der Waals surface area contributed by atoms with Crippen molar-refractivity contribution < 1.29 is 14.7 Å². The van der Waals surface area contributed by atoms with Crippen LogP contribution in [0.2, 0.25) is 0 Å². The van der Waals surface area contributed by atoms with Crippen LogP contribution in [0, 0.1) is 0 Å². The lowest BCUT2D eigenvalue weighted by Gasteiger charge is -2.40. The maximum atomic E-state index is 11.8. The number of hydrogen-bond donors (Lipinski definition) is 2. The van der Waals surface area contributed by atoms with Crippen molar-refractivity contribution in [3.8, 4) is 0 Å². The van der Waals surface area contributed by atoms with Crippen LogP contribution in [0.3, 0.4) is 0 Å². The van der Waals surface area contributed by atoms with Crippen LogP contribution in [0.1, 0.15) is 25.7 Å². The molecule has 0 aromatic rings. The third-order valence-corrected chi connectivity index (χ3v) is 3.12. The zero-order chi connectivity index (χ0) is 12.2. The third kappa shape index (κ3) is 2.85. The van der Waals surface area contributed by atoms with Crippen molar-refractivity contribution in [1.82, 2.24) is 4.90 Å². The van der Waals surface area contributed by atoms with Crippen molar-refractivity contribution >= 4 is 11.7 Å². The summed E-state index contributed by atoms with van der Waals surface area (Å²) in [6.45, 7) is 0.134. The highest BCUT2D eigenvalue weighted by molar-refractivity contribution is 5.87. The molecule has 0 spiro atoms. The number of nitrogens with zero attached hydrogens (tertiary/aromatic N) is 2. The number of likely N-dealkylation sites (N-methyl/N-ethyl adjacent to an activating group) is 1. The van der Waals surface area contributed by atoms with Gasteiger partial charge in [0, 0.05) is 14.2 Å². The fourth-order valence-electron chi connectivity index (χ4n) is 1.80. The van der Waals surface area contributed by atoms with Crippen LogP contribution in [0.15, 0.2) is 5.16 Å². The van der Waals surface area contributed by atoms with E-state index in [9.17, 15) is 4.79 Å². The van der Waals surface area contributed by atoms with Gasteiger partial charge in [-0.25, -0.2) is 0 Å². The lowest BCUT2D eigenvalue weighted by Crippen LogP contribution is -2.45. The topological polar surface area (TPSA) is 88.2 Å². The van der Waals surface area contributed by atoms with E-state index < -0.39 is 0 Å². The summed E-state index contributed by atoms with van der Waals surface area (Å²) in [4.78, 5) is 13.3. The molecule has 1 rings (SSSR count). The van der Waals surface area contributed by atoms with Crippen molar-refractivity contribution in [3.05, 3.63) is 0 Å². The molecule has 0 aromatic heterocycles. The van der Waals surface area contributed by atoms with Crippen LogP contribution < -0.4 is 5.73 Å². The summed E-state index contributed by atoms with van der Waals surface area (Å²) in [6.07, 6.45) is 3.31. The molecule has 0 radical (unpaired) electrons. The zero-order valence-electron chi connectivity index (χ0n) is 9.77. The van der Waals surface area contributed by atoms with E-state index in [1.54, 1.807) is 14.2 Å². The Bertz CT molecular complexity index is 282. The van der Waals surface area contributed by atoms with Crippen LogP contribution in [-0.2, 0) is 9.53 Å². The van der Waals surface area contributed by atoms with Gasteiger partial charge in [-0.3, -0.25) is 4.79 Å². The molecule has 0 saturated heterocycles. The van der Waals surface area contributed by atoms with E-state index in [1.807, 2.05) is 0 Å². The number of hydrogen-bond acceptors (Lipinski definition) is 4. The Hall–Kier alpha value is -1.30. The quantitative estimate of drug-likeness (QED) is 0.304. The number of amides is 1. The summed E-state index contributed by atoms with van der Waals surface area (Å²) in [5, 5.41) is 11.2. The molecule has 6 nitrogen and oxygen atoms in total. The minimum Gasteiger partial charge on any atom is -0.409 e. The fourth-order valence-corrected chi connectivity index (χ4v) is 1.80. The van der Waals surface area contributed by atoms with Gasteiger partial charge >= 0.3 is 0 Å². The first-order valence-electron chi connectivity index (χ1n) is 5.28. The van der Waals surface area contributed by atoms with Gasteiger partial charge in [0.25, 0.3) is 0 Å². The molecule has 0 aliphatic heterocycles. The maximum Gasteiger partial charge on any atom is 0.225 e. The smallest absolute Gasteiger partial charge is 0.225 e. The molecule has 0 atom stereocenters. The number of carbonyl (C=O) groups is 1. The molecule has 0 heterocycles. The van der Waals surface area contributed by atoms with Gasteiger partial charge in [-0.2, -0.15) is 0 Å². The molecule has 1 fully saturated rings. The Kier molecular flexibility index (Phi) is 4.12. The molecule has 3 N–H and O–H groups in total. The highest BCUT2D eigenvalue weighted by atomic mass is 16.5. The van der Waals surface area contributed by atoms with Gasteiger partial charge in [-0.15, -0.1) is 0 Å². The third-order valence-electron chi connectivity index (χ3n) is 3.12. The average Bonchev–Trinajstić information content (AvgIpc) is 2.22. The van der Waals surface area contributed by atoms with Gasteiger partial charge in [0.05, 0.1) is 18.6 Å². The molecule has 0 bridgehead atoms. The molecule has 1 amide bonds. The summed E-state index contributed by atoms with van der Waals surface area (Å²) in [6, 6.07) is 0. The lowest BCUT2D eigenvalue weighted by molar-refractivity contribution is -0.142. The summed E-state index contributed by atoms with van der Waals surface area (Å²) >= 11 is 0. The number of nitrogens with two attached hydrogens (primary N) is 1. The van der Waals surface area contributed by atoms with E-state index >= 15 is 0 Å². The monoisotopic (exact) mass is 229 g/mol. The largest absolute Gasteiger partial charge is 0.409 e. The number of carbonyl (C=O) groups excluding carboxylic acids is 1. The summed E-state index contributed by atoms with van der Waals surface area (Å²) in [5.41, 5.74) is 5.05. The molecule has 1 aliphatic rings. The highest BCUT2D eigenvalue weighted by Gasteiger charge is 2.39. The second kappa shape index (κ2) is 5.16. The molecule has 0 aromatic carbocycles. The molecular formula is C10H19N3O3. The Balaban J connectivity index is 2.45. The normalized spacial score (nSPS) is 19.0. The van der Waals surface area contributed by atoms with E-state index in [1.165, 1.54) is 4.90 Å². The first-order valence-corrected chi connectivity index (χ1v) is 5.28. The molecule has 0 unspecified atom stereocenters. The average molecular weight is 229 g/mol. The second-order valence-electron chi connectivity index (χ2n) is 4.26. The van der Waals surface area contributed by atoms with E-state index in [2.05, 4.69) is 5.16 Å². The van der Waals surface area contributed by atoms with Gasteiger partial charge < -0.3 is 20.6 Å². The highest BCUT2D eigenvalue weighted by Crippen LogP contribution is 2.38. The molecule has 92 valence electrons. The summed E-state index contributed by atoms with van der Waals surface area (Å²) in [5.74, 6) is -0.0240. The number of ether oxygens (including phenoxy) is 1. The van der Waals surface area contributed by atoms with Crippen molar-refractivity contribution in [2.45, 2.75) is 31.3 Å². The second-order valence-corrected chi connectivity index (χ2v) is 4.26. The minimum atomic E-state index is -0.281. The number of rotatable bonds is 5. The molecule has 1 aliphatic carbocycles. The molecule has 6 heteroatoms. The maximum absolute atomic E-state index is 11.8. The van der Waals surface area contributed by atoms with E-state index in [-0.39, 0.29) is 23.9 Å². The lowest BCUT2D eigenvalue weighted by atomic mass is 9.77. The molecule has 1 saturated carbocycles. The van der Waals surface area contributed by atoms with Crippen LogP contribution in [0.25, 0.3) is 0 Å². The zero-order valence-corrected chi connectivity index (χ0v) is 9.77. The predicted molar refractivity (Wildman–Crippen MR) is 59.3 cm³/mol. The summed E-state index contributed by atoms with van der Waals surface area (Å²) < 4.78 is 5.37. The van der Waals surface area contributed by atoms with Gasteiger partial charge in [-0.1, -0.05) is 5.16 Å². The number of amidine groups is 1. The molecule has 16 heavy (non-hydrogen) atoms. The van der Waals surface area contributed by atoms with Gasteiger partial charge in [0.15, 0.2) is 5.84 Å². The van der Waals surface area contributed by atoms with Gasteiger partial charge in [-0.05, 0) is 19.3 Å². The SMILES string of the molecule is COC1(CC(=O)N(C)CC(N)=NO)CCC1. The van der Waals surface area contributed by atoms with E-state index in [0.717, 1.165) is 19.3 Å². The Labute approximate surface area is 95.0 Å². The number of methoxy groups -OCH3 is 1. The minimum absolute atomic E-state index is 0.0240. The van der Waals surface area contributed by atoms with Crippen molar-refractivity contribution in [3.63, 3.8) is 0 Å². The van der Waals surface area contributed by atoms with Crippen LogP contribution in [0.5, 0.6) is 0 Å². The van der Waals surface area contributed by atoms with Crippen molar-refractivity contribution in [2.24, 2.45) is 10.9 Å². The first kappa shape index (κ1) is 12.8.